The van der Waals surface area contributed by atoms with Crippen molar-refractivity contribution >= 4 is 5.97 Å². The van der Waals surface area contributed by atoms with Crippen LogP contribution in [0.25, 0.3) is 0 Å². The summed E-state index contributed by atoms with van der Waals surface area (Å²) in [6.45, 7) is 10.3. The summed E-state index contributed by atoms with van der Waals surface area (Å²) in [7, 11) is 3.52. The quantitative estimate of drug-likeness (QED) is 0.546. The van der Waals surface area contributed by atoms with E-state index in [-0.39, 0.29) is 17.5 Å². The highest BCUT2D eigenvalue weighted by Gasteiger charge is 2.45. The first-order valence-corrected chi connectivity index (χ1v) is 9.90. The number of rotatable bonds is 4. The van der Waals surface area contributed by atoms with Crippen molar-refractivity contribution in [3.05, 3.63) is 33.9 Å². The Hall–Kier alpha value is -1.97. The van der Waals surface area contributed by atoms with E-state index in [0.717, 1.165) is 37.2 Å². The number of esters is 1. The van der Waals surface area contributed by atoms with Crippen LogP contribution in [0.4, 0.5) is 0 Å². The molecule has 0 bridgehead atoms. The molecule has 0 aliphatic heterocycles. The number of carbonyl (C=O) groups excluding carboxylic acids is 1. The number of hydrogen-bond acceptors (Lipinski definition) is 4. The molecule has 0 spiro atoms. The fourth-order valence-corrected chi connectivity index (χ4v) is 5.15. The molecule has 0 saturated carbocycles. The molecule has 4 heteroatoms. The minimum absolute atomic E-state index is 0.102. The Morgan fingerprint density at radius 1 is 1.22 bits per heavy atom. The van der Waals surface area contributed by atoms with Gasteiger partial charge in [0.25, 0.3) is 0 Å². The van der Waals surface area contributed by atoms with Crippen molar-refractivity contribution in [3.8, 4) is 11.5 Å². The van der Waals surface area contributed by atoms with E-state index in [4.69, 9.17) is 14.2 Å². The van der Waals surface area contributed by atoms with Crippen LogP contribution in [0.15, 0.2) is 17.2 Å². The molecule has 148 valence electrons. The van der Waals surface area contributed by atoms with E-state index in [2.05, 4.69) is 33.8 Å². The summed E-state index contributed by atoms with van der Waals surface area (Å²) in [6.07, 6.45) is 3.56. The van der Waals surface area contributed by atoms with E-state index < -0.39 is 0 Å². The van der Waals surface area contributed by atoms with Gasteiger partial charge in [0.1, 0.15) is 17.6 Å². The number of fused-ring (bicyclic) bond motifs is 3. The van der Waals surface area contributed by atoms with Gasteiger partial charge in [-0.15, -0.1) is 0 Å². The maximum absolute atomic E-state index is 11.5. The van der Waals surface area contributed by atoms with Crippen LogP contribution < -0.4 is 9.47 Å². The lowest BCUT2D eigenvalue weighted by atomic mass is 9.60. The Balaban J connectivity index is 2.21. The Labute approximate surface area is 162 Å². The van der Waals surface area contributed by atoms with Crippen LogP contribution in [0, 0.1) is 0 Å². The molecule has 0 amide bonds. The number of benzene rings is 1. The summed E-state index contributed by atoms with van der Waals surface area (Å²) in [4.78, 5) is 11.5. The lowest BCUT2D eigenvalue weighted by molar-refractivity contribution is -0.145. The van der Waals surface area contributed by atoms with Gasteiger partial charge >= 0.3 is 5.97 Å². The first kappa shape index (κ1) is 19.8. The van der Waals surface area contributed by atoms with E-state index in [1.54, 1.807) is 14.2 Å². The fourth-order valence-electron chi connectivity index (χ4n) is 5.15. The largest absolute Gasteiger partial charge is 0.496 e. The predicted molar refractivity (Wildman–Crippen MR) is 107 cm³/mol. The van der Waals surface area contributed by atoms with Crippen molar-refractivity contribution in [3.63, 3.8) is 0 Å². The highest BCUT2D eigenvalue weighted by molar-refractivity contribution is 5.67. The summed E-state index contributed by atoms with van der Waals surface area (Å²) in [6, 6.07) is 2.16. The highest BCUT2D eigenvalue weighted by Crippen LogP contribution is 2.55. The third-order valence-corrected chi connectivity index (χ3v) is 6.43. The molecule has 2 atom stereocenters. The molecule has 0 saturated heterocycles. The molecular weight excluding hydrogens is 340 g/mol. The highest BCUT2D eigenvalue weighted by atomic mass is 16.5. The second kappa shape index (κ2) is 7.21. The van der Waals surface area contributed by atoms with Gasteiger partial charge in [0.15, 0.2) is 0 Å². The molecule has 2 aliphatic rings. The first-order valence-electron chi connectivity index (χ1n) is 9.90. The van der Waals surface area contributed by atoms with Gasteiger partial charge in [0.2, 0.25) is 0 Å². The van der Waals surface area contributed by atoms with Crippen LogP contribution in [0.5, 0.6) is 11.5 Å². The Bertz CT molecular complexity index is 790. The topological polar surface area (TPSA) is 44.8 Å². The predicted octanol–water partition coefficient (Wildman–Crippen LogP) is 5.07. The maximum Gasteiger partial charge on any atom is 0.303 e. The number of methoxy groups -OCH3 is 2. The zero-order valence-electron chi connectivity index (χ0n) is 17.7. The second-order valence-electron chi connectivity index (χ2n) is 8.34. The van der Waals surface area contributed by atoms with Crippen molar-refractivity contribution in [1.82, 2.24) is 0 Å². The molecule has 27 heavy (non-hydrogen) atoms. The van der Waals surface area contributed by atoms with Crippen molar-refractivity contribution in [2.24, 2.45) is 0 Å². The molecule has 2 aliphatic carbocycles. The van der Waals surface area contributed by atoms with Crippen LogP contribution in [0.3, 0.4) is 0 Å². The van der Waals surface area contributed by atoms with Crippen molar-refractivity contribution < 1.29 is 19.0 Å². The number of hydrogen-bond donors (Lipinski definition) is 0. The third kappa shape index (κ3) is 3.13. The van der Waals surface area contributed by atoms with Gasteiger partial charge in [0.05, 0.1) is 14.2 Å². The van der Waals surface area contributed by atoms with Gasteiger partial charge in [-0.3, -0.25) is 4.79 Å². The van der Waals surface area contributed by atoms with E-state index in [9.17, 15) is 4.79 Å². The molecule has 0 heterocycles. The Morgan fingerprint density at radius 3 is 2.48 bits per heavy atom. The summed E-state index contributed by atoms with van der Waals surface area (Å²) >= 11 is 0. The summed E-state index contributed by atoms with van der Waals surface area (Å²) in [5.41, 5.74) is 6.24. The number of carbonyl (C=O) groups is 1. The number of allylic oxidation sites excluding steroid dienone is 1. The van der Waals surface area contributed by atoms with Crippen LogP contribution in [-0.4, -0.2) is 26.3 Å². The molecular formula is C23H32O4. The second-order valence-corrected chi connectivity index (χ2v) is 8.34. The van der Waals surface area contributed by atoms with Crippen LogP contribution in [0.2, 0.25) is 0 Å². The monoisotopic (exact) mass is 372 g/mol. The Morgan fingerprint density at radius 2 is 1.93 bits per heavy atom. The summed E-state index contributed by atoms with van der Waals surface area (Å²) in [5.74, 6) is 2.12. The van der Waals surface area contributed by atoms with Crippen molar-refractivity contribution in [1.29, 1.82) is 0 Å². The fraction of sp³-hybridized carbons (Fsp3) is 0.609. The van der Waals surface area contributed by atoms with Crippen molar-refractivity contribution in [2.45, 2.75) is 77.7 Å². The SMILES string of the molecule is COc1cc(C(C)C)c(OC)c2c1[C@]1(C)CC[C@@H](OC(C)=O)C(C)=C1CC2. The third-order valence-electron chi connectivity index (χ3n) is 6.43. The zero-order valence-corrected chi connectivity index (χ0v) is 17.7. The average Bonchev–Trinajstić information content (AvgIpc) is 2.62. The van der Waals surface area contributed by atoms with Crippen LogP contribution in [0.1, 0.15) is 76.5 Å². The van der Waals surface area contributed by atoms with Gasteiger partial charge in [0, 0.05) is 29.0 Å². The zero-order chi connectivity index (χ0) is 19.9. The molecule has 3 rings (SSSR count). The first-order chi connectivity index (χ1) is 12.7. The molecule has 0 N–H and O–H groups in total. The van der Waals surface area contributed by atoms with E-state index in [0.29, 0.717) is 5.92 Å². The minimum Gasteiger partial charge on any atom is -0.496 e. The van der Waals surface area contributed by atoms with E-state index in [1.165, 1.54) is 34.8 Å². The Kier molecular flexibility index (Phi) is 5.29. The van der Waals surface area contributed by atoms with Crippen LogP contribution >= 0.6 is 0 Å². The summed E-state index contributed by atoms with van der Waals surface area (Å²) in [5, 5.41) is 0. The van der Waals surface area contributed by atoms with Crippen LogP contribution in [-0.2, 0) is 21.4 Å². The lowest BCUT2D eigenvalue weighted by Crippen LogP contribution is -2.39. The number of ether oxygens (including phenoxy) is 3. The maximum atomic E-state index is 11.5. The molecule has 0 radical (unpaired) electrons. The minimum atomic E-state index is -0.208. The van der Waals surface area contributed by atoms with Gasteiger partial charge in [-0.25, -0.2) is 0 Å². The van der Waals surface area contributed by atoms with Gasteiger partial charge in [-0.05, 0) is 50.2 Å². The molecule has 0 fully saturated rings. The molecule has 0 unspecified atom stereocenters. The van der Waals surface area contributed by atoms with Crippen molar-refractivity contribution in [2.75, 3.05) is 14.2 Å². The normalized spacial score (nSPS) is 24.4. The molecule has 4 nitrogen and oxygen atoms in total. The molecule has 1 aromatic carbocycles. The van der Waals surface area contributed by atoms with Gasteiger partial charge in [-0.2, -0.15) is 0 Å². The summed E-state index contributed by atoms with van der Waals surface area (Å²) < 4.78 is 17.4. The average molecular weight is 373 g/mol. The standard InChI is InChI=1S/C23H32O4/c1-13(2)17-12-20(25-6)21-16(22(17)26-7)8-9-18-14(3)19(27-15(4)24)10-11-23(18,21)5/h12-13,19H,8-11H2,1-7H3/t19-,23-/m1/s1. The molecule has 0 aromatic heterocycles. The van der Waals surface area contributed by atoms with Gasteiger partial charge in [-0.1, -0.05) is 26.3 Å². The molecule has 1 aromatic rings. The van der Waals surface area contributed by atoms with Gasteiger partial charge < -0.3 is 14.2 Å². The smallest absolute Gasteiger partial charge is 0.303 e. The van der Waals surface area contributed by atoms with E-state index in [1.807, 2.05) is 0 Å². The van der Waals surface area contributed by atoms with E-state index >= 15 is 0 Å². The lowest BCUT2D eigenvalue weighted by Gasteiger charge is -2.46.